The van der Waals surface area contributed by atoms with Crippen LogP contribution in [0, 0.1) is 0 Å². The first-order chi connectivity index (χ1) is 13.7. The normalized spacial score (nSPS) is 15.7. The van der Waals surface area contributed by atoms with Gasteiger partial charge in [0.25, 0.3) is 0 Å². The van der Waals surface area contributed by atoms with E-state index in [9.17, 15) is 10.2 Å². The summed E-state index contributed by atoms with van der Waals surface area (Å²) in [5, 5.41) is 18.9. The van der Waals surface area contributed by atoms with Crippen LogP contribution in [-0.2, 0) is 19.5 Å². The number of phenols is 2. The van der Waals surface area contributed by atoms with E-state index < -0.39 is 0 Å². The van der Waals surface area contributed by atoms with Gasteiger partial charge in [-0.3, -0.25) is 19.8 Å². The SMILES string of the molecule is Oc1ccccc1C=NCCN1CC1.Oc1ccccc1C=NCCN1CC1.[Zn+2]. The van der Waals surface area contributed by atoms with Crippen LogP contribution in [0.15, 0.2) is 58.5 Å². The number of nitrogens with zero attached hydrogens (tertiary/aromatic N) is 4. The molecule has 0 saturated carbocycles. The van der Waals surface area contributed by atoms with Crippen molar-refractivity contribution in [2.75, 3.05) is 52.4 Å². The van der Waals surface area contributed by atoms with E-state index in [0.717, 1.165) is 37.3 Å². The Labute approximate surface area is 185 Å². The van der Waals surface area contributed by atoms with Gasteiger partial charge < -0.3 is 10.2 Å². The molecule has 0 unspecified atom stereocenters. The predicted octanol–water partition coefficient (Wildman–Crippen LogP) is 2.25. The molecule has 2 heterocycles. The molecule has 2 N–H and O–H groups in total. The molecule has 2 aliphatic heterocycles. The molecule has 29 heavy (non-hydrogen) atoms. The average Bonchev–Trinajstić information content (AvgIpc) is 3.61. The van der Waals surface area contributed by atoms with Crippen molar-refractivity contribution in [2.24, 2.45) is 9.98 Å². The number of hydrogen-bond donors (Lipinski definition) is 2. The molecule has 4 rings (SSSR count). The zero-order chi connectivity index (χ0) is 19.6. The summed E-state index contributed by atoms with van der Waals surface area (Å²) in [6.45, 7) is 8.55. The van der Waals surface area contributed by atoms with Crippen LogP contribution in [0.2, 0.25) is 0 Å². The summed E-state index contributed by atoms with van der Waals surface area (Å²) >= 11 is 0. The van der Waals surface area contributed by atoms with Crippen LogP contribution in [0.4, 0.5) is 0 Å². The van der Waals surface area contributed by atoms with E-state index in [0.29, 0.717) is 11.5 Å². The van der Waals surface area contributed by atoms with Crippen LogP contribution in [-0.4, -0.2) is 84.8 Å². The summed E-state index contributed by atoms with van der Waals surface area (Å²) in [6.07, 6.45) is 3.47. The third kappa shape index (κ3) is 9.31. The molecule has 0 bridgehead atoms. The van der Waals surface area contributed by atoms with Crippen LogP contribution < -0.4 is 0 Å². The van der Waals surface area contributed by atoms with E-state index in [4.69, 9.17) is 0 Å². The van der Waals surface area contributed by atoms with Crippen molar-refractivity contribution < 1.29 is 29.7 Å². The summed E-state index contributed by atoms with van der Waals surface area (Å²) in [5.41, 5.74) is 1.58. The molecule has 7 heteroatoms. The van der Waals surface area contributed by atoms with Crippen molar-refractivity contribution >= 4 is 12.4 Å². The van der Waals surface area contributed by atoms with Gasteiger partial charge in [0.05, 0.1) is 13.1 Å². The van der Waals surface area contributed by atoms with Crippen molar-refractivity contribution in [2.45, 2.75) is 0 Å². The minimum Gasteiger partial charge on any atom is -0.507 e. The second-order valence-electron chi connectivity index (χ2n) is 6.87. The maximum Gasteiger partial charge on any atom is 2.00 e. The average molecular weight is 446 g/mol. The number of hydrogen-bond acceptors (Lipinski definition) is 6. The maximum absolute atomic E-state index is 9.43. The zero-order valence-electron chi connectivity index (χ0n) is 16.8. The summed E-state index contributed by atoms with van der Waals surface area (Å²) in [5.74, 6) is 0.589. The second kappa shape index (κ2) is 12.5. The van der Waals surface area contributed by atoms with Crippen LogP contribution >= 0.6 is 0 Å². The standard InChI is InChI=1S/2C11H14N2O.Zn/c2*14-11-4-2-1-3-10(11)9-12-5-6-13-7-8-13;/h2*1-4,9,14H,5-8H2;/q;;+2. The Balaban J connectivity index is 0.000000200. The zero-order valence-corrected chi connectivity index (χ0v) is 19.8. The molecule has 0 aliphatic carbocycles. The molecule has 0 radical (unpaired) electrons. The Kier molecular flexibility index (Phi) is 9.98. The van der Waals surface area contributed by atoms with E-state index in [2.05, 4.69) is 19.8 Å². The smallest absolute Gasteiger partial charge is 0.507 e. The molecule has 2 aromatic rings. The van der Waals surface area contributed by atoms with Gasteiger partial charge in [-0.1, -0.05) is 24.3 Å². The van der Waals surface area contributed by atoms with Crippen molar-refractivity contribution in [1.29, 1.82) is 0 Å². The number of rotatable bonds is 8. The van der Waals surface area contributed by atoms with Crippen molar-refractivity contribution in [1.82, 2.24) is 9.80 Å². The van der Waals surface area contributed by atoms with Crippen molar-refractivity contribution in [3.05, 3.63) is 59.7 Å². The molecule has 0 spiro atoms. The van der Waals surface area contributed by atoms with Gasteiger partial charge in [-0.25, -0.2) is 0 Å². The van der Waals surface area contributed by atoms with Crippen molar-refractivity contribution in [3.63, 3.8) is 0 Å². The van der Waals surface area contributed by atoms with Crippen LogP contribution in [0.1, 0.15) is 11.1 Å². The first-order valence-corrected chi connectivity index (χ1v) is 9.73. The fourth-order valence-electron chi connectivity index (χ4n) is 2.51. The van der Waals surface area contributed by atoms with E-state index in [1.54, 1.807) is 24.6 Å². The van der Waals surface area contributed by atoms with Gasteiger partial charge in [0.1, 0.15) is 11.5 Å². The van der Waals surface area contributed by atoms with E-state index in [1.807, 2.05) is 36.4 Å². The van der Waals surface area contributed by atoms with E-state index >= 15 is 0 Å². The van der Waals surface area contributed by atoms with Gasteiger partial charge in [0, 0.05) is 62.8 Å². The van der Waals surface area contributed by atoms with Gasteiger partial charge in [0.15, 0.2) is 0 Å². The van der Waals surface area contributed by atoms with Gasteiger partial charge in [-0.2, -0.15) is 0 Å². The molecule has 0 atom stereocenters. The first kappa shape index (κ1) is 23.2. The summed E-state index contributed by atoms with van der Waals surface area (Å²) < 4.78 is 0. The Morgan fingerprint density at radius 2 is 1.07 bits per heavy atom. The van der Waals surface area contributed by atoms with E-state index in [-0.39, 0.29) is 19.5 Å². The van der Waals surface area contributed by atoms with Gasteiger partial charge >= 0.3 is 19.5 Å². The Bertz CT molecular complexity index is 737. The molecule has 2 aromatic carbocycles. The van der Waals surface area contributed by atoms with E-state index in [1.165, 1.54) is 26.2 Å². The minimum absolute atomic E-state index is 0. The fourth-order valence-corrected chi connectivity index (χ4v) is 2.51. The van der Waals surface area contributed by atoms with Crippen molar-refractivity contribution in [3.8, 4) is 11.5 Å². The number of aliphatic imine (C=N–C) groups is 2. The molecule has 2 aliphatic rings. The van der Waals surface area contributed by atoms with Crippen LogP contribution in [0.25, 0.3) is 0 Å². The van der Waals surface area contributed by atoms with Crippen LogP contribution in [0.5, 0.6) is 11.5 Å². The molecule has 2 saturated heterocycles. The Morgan fingerprint density at radius 3 is 1.41 bits per heavy atom. The molecule has 148 valence electrons. The third-order valence-corrected chi connectivity index (χ3v) is 4.50. The third-order valence-electron chi connectivity index (χ3n) is 4.50. The van der Waals surface area contributed by atoms with Gasteiger partial charge in [-0.15, -0.1) is 0 Å². The molecule has 6 nitrogen and oxygen atoms in total. The summed E-state index contributed by atoms with van der Waals surface area (Å²) in [4.78, 5) is 13.2. The monoisotopic (exact) mass is 444 g/mol. The molecule has 2 fully saturated rings. The minimum atomic E-state index is 0. The van der Waals surface area contributed by atoms with Crippen LogP contribution in [0.3, 0.4) is 0 Å². The topological polar surface area (TPSA) is 71.2 Å². The molecule has 0 aromatic heterocycles. The molecular weight excluding hydrogens is 418 g/mol. The maximum atomic E-state index is 9.43. The quantitative estimate of drug-likeness (QED) is 0.371. The number of para-hydroxylation sites is 2. The first-order valence-electron chi connectivity index (χ1n) is 9.73. The number of aromatic hydroxyl groups is 2. The largest absolute Gasteiger partial charge is 2.00 e. The molecule has 0 amide bonds. The Hall–Kier alpha value is -2.08. The van der Waals surface area contributed by atoms with Gasteiger partial charge in [0.2, 0.25) is 0 Å². The molecular formula is C22H28N4O2Zn+2. The number of phenolic OH excluding ortho intramolecular Hbond substituents is 2. The second-order valence-corrected chi connectivity index (χ2v) is 6.87. The van der Waals surface area contributed by atoms with Gasteiger partial charge in [-0.05, 0) is 24.3 Å². The number of benzene rings is 2. The summed E-state index contributed by atoms with van der Waals surface area (Å²) in [7, 11) is 0. The summed E-state index contributed by atoms with van der Waals surface area (Å²) in [6, 6.07) is 14.5. The Morgan fingerprint density at radius 1 is 0.690 bits per heavy atom. The fraction of sp³-hybridized carbons (Fsp3) is 0.364. The predicted molar refractivity (Wildman–Crippen MR) is 114 cm³/mol.